The largest absolute Gasteiger partial charge is 0.296 e. The molecule has 0 radical (unpaired) electrons. The van der Waals surface area contributed by atoms with Crippen LogP contribution in [0.1, 0.15) is 36.7 Å². The zero-order chi connectivity index (χ0) is 25.2. The Labute approximate surface area is 213 Å². The number of allylic oxidation sites excluding steroid dienone is 5. The SMILES string of the molecule is C=C/C(C(=C)c1ccc(-n2c(C(C)C)nc3ccccc32)cc1)=C(\C=C)c1cccc2ccccc12. The Bertz CT molecular complexity index is 1640. The fourth-order valence-corrected chi connectivity index (χ4v) is 4.89. The van der Waals surface area contributed by atoms with Crippen molar-refractivity contribution < 1.29 is 0 Å². The summed E-state index contributed by atoms with van der Waals surface area (Å²) in [7, 11) is 0. The second-order valence-electron chi connectivity index (χ2n) is 9.24. The van der Waals surface area contributed by atoms with Crippen molar-refractivity contribution in [2.24, 2.45) is 0 Å². The molecule has 0 amide bonds. The first-order valence-corrected chi connectivity index (χ1v) is 12.3. The quantitative estimate of drug-likeness (QED) is 0.219. The van der Waals surface area contributed by atoms with Gasteiger partial charge in [0, 0.05) is 11.6 Å². The molecule has 0 saturated carbocycles. The van der Waals surface area contributed by atoms with Gasteiger partial charge in [-0.05, 0) is 62.9 Å². The fraction of sp³-hybridized carbons (Fsp3) is 0.0882. The van der Waals surface area contributed by atoms with Crippen LogP contribution in [0.3, 0.4) is 0 Å². The highest BCUT2D eigenvalue weighted by Gasteiger charge is 2.16. The molecule has 5 rings (SSSR count). The molecule has 0 bridgehead atoms. The van der Waals surface area contributed by atoms with Crippen LogP contribution in [-0.2, 0) is 0 Å². The van der Waals surface area contributed by atoms with Crippen molar-refractivity contribution in [2.45, 2.75) is 19.8 Å². The van der Waals surface area contributed by atoms with Crippen LogP contribution in [0.4, 0.5) is 0 Å². The molecule has 0 N–H and O–H groups in total. The Kier molecular flexibility index (Phi) is 6.26. The Morgan fingerprint density at radius 1 is 0.806 bits per heavy atom. The van der Waals surface area contributed by atoms with Crippen LogP contribution in [0.5, 0.6) is 0 Å². The van der Waals surface area contributed by atoms with Crippen LogP contribution in [0.25, 0.3) is 38.6 Å². The summed E-state index contributed by atoms with van der Waals surface area (Å²) in [5.41, 5.74) is 8.31. The summed E-state index contributed by atoms with van der Waals surface area (Å²) in [5, 5.41) is 2.38. The lowest BCUT2D eigenvalue weighted by molar-refractivity contribution is 0.760. The highest BCUT2D eigenvalue weighted by atomic mass is 15.1. The number of benzene rings is 4. The third-order valence-electron chi connectivity index (χ3n) is 6.68. The van der Waals surface area contributed by atoms with Gasteiger partial charge < -0.3 is 0 Å². The van der Waals surface area contributed by atoms with E-state index in [4.69, 9.17) is 4.98 Å². The van der Waals surface area contributed by atoms with Crippen LogP contribution in [-0.4, -0.2) is 9.55 Å². The molecule has 0 saturated heterocycles. The van der Waals surface area contributed by atoms with Crippen LogP contribution >= 0.6 is 0 Å². The monoisotopic (exact) mass is 466 g/mol. The van der Waals surface area contributed by atoms with E-state index in [1.165, 1.54) is 10.8 Å². The summed E-state index contributed by atoms with van der Waals surface area (Å²) in [4.78, 5) is 4.89. The molecule has 176 valence electrons. The van der Waals surface area contributed by atoms with Crippen LogP contribution in [0.15, 0.2) is 128 Å². The van der Waals surface area contributed by atoms with Gasteiger partial charge in [-0.15, -0.1) is 0 Å². The molecular formula is C34H30N2. The van der Waals surface area contributed by atoms with Gasteiger partial charge in [-0.3, -0.25) is 4.57 Å². The Balaban J connectivity index is 1.58. The molecule has 0 spiro atoms. The third-order valence-corrected chi connectivity index (χ3v) is 6.68. The lowest BCUT2D eigenvalue weighted by Crippen LogP contribution is -2.03. The van der Waals surface area contributed by atoms with Crippen molar-refractivity contribution in [3.8, 4) is 5.69 Å². The molecule has 0 fully saturated rings. The Hall–Kier alpha value is -4.43. The topological polar surface area (TPSA) is 17.8 Å². The van der Waals surface area contributed by atoms with Crippen molar-refractivity contribution in [2.75, 3.05) is 0 Å². The van der Waals surface area contributed by atoms with Gasteiger partial charge in [-0.2, -0.15) is 0 Å². The van der Waals surface area contributed by atoms with E-state index in [1.54, 1.807) is 0 Å². The molecule has 36 heavy (non-hydrogen) atoms. The zero-order valence-corrected chi connectivity index (χ0v) is 20.9. The van der Waals surface area contributed by atoms with Gasteiger partial charge in [-0.25, -0.2) is 4.98 Å². The van der Waals surface area contributed by atoms with Gasteiger partial charge in [0.2, 0.25) is 0 Å². The van der Waals surface area contributed by atoms with E-state index in [9.17, 15) is 0 Å². The first-order valence-electron chi connectivity index (χ1n) is 12.3. The van der Waals surface area contributed by atoms with Crippen LogP contribution in [0.2, 0.25) is 0 Å². The number of hydrogen-bond donors (Lipinski definition) is 0. The molecule has 0 atom stereocenters. The number of aromatic nitrogens is 2. The average molecular weight is 467 g/mol. The van der Waals surface area contributed by atoms with E-state index in [1.807, 2.05) is 18.2 Å². The summed E-state index contributed by atoms with van der Waals surface area (Å²) < 4.78 is 2.25. The second kappa shape index (κ2) is 9.67. The molecule has 5 aromatic rings. The number of fused-ring (bicyclic) bond motifs is 2. The highest BCUT2D eigenvalue weighted by Crippen LogP contribution is 2.35. The lowest BCUT2D eigenvalue weighted by atomic mass is 9.89. The van der Waals surface area contributed by atoms with Crippen molar-refractivity contribution >= 4 is 33.0 Å². The molecule has 1 heterocycles. The van der Waals surface area contributed by atoms with Gasteiger partial charge in [0.25, 0.3) is 0 Å². The molecule has 0 aliphatic rings. The summed E-state index contributed by atoms with van der Waals surface area (Å²) in [6.07, 6.45) is 3.79. The van der Waals surface area contributed by atoms with E-state index < -0.39 is 0 Å². The Morgan fingerprint density at radius 3 is 2.22 bits per heavy atom. The molecule has 2 nitrogen and oxygen atoms in total. The minimum Gasteiger partial charge on any atom is -0.296 e. The molecule has 1 aromatic heterocycles. The minimum atomic E-state index is 0.304. The van der Waals surface area contributed by atoms with Gasteiger partial charge in [0.05, 0.1) is 11.0 Å². The van der Waals surface area contributed by atoms with Crippen LogP contribution in [0, 0.1) is 0 Å². The Morgan fingerprint density at radius 2 is 1.50 bits per heavy atom. The lowest BCUT2D eigenvalue weighted by Gasteiger charge is -2.16. The van der Waals surface area contributed by atoms with Crippen molar-refractivity contribution in [1.29, 1.82) is 0 Å². The van der Waals surface area contributed by atoms with E-state index in [0.29, 0.717) is 5.92 Å². The molecular weight excluding hydrogens is 436 g/mol. The van der Waals surface area contributed by atoms with E-state index in [2.05, 4.69) is 123 Å². The molecule has 4 aromatic carbocycles. The van der Waals surface area contributed by atoms with E-state index >= 15 is 0 Å². The summed E-state index contributed by atoms with van der Waals surface area (Å²) in [5.74, 6) is 1.36. The standard InChI is InChI=1S/C34H30N2/c1-6-28(29(7-2)31-16-12-14-26-13-8-9-15-30(26)31)24(5)25-19-21-27(22-20-25)36-33-18-11-10-17-32(33)35-34(36)23(3)4/h6-23H,1-2,5H2,3-4H3/b29-28-. The number of hydrogen-bond acceptors (Lipinski definition) is 1. The third kappa shape index (κ3) is 4.01. The van der Waals surface area contributed by atoms with Crippen molar-refractivity contribution in [3.63, 3.8) is 0 Å². The fourth-order valence-electron chi connectivity index (χ4n) is 4.89. The maximum absolute atomic E-state index is 4.89. The van der Waals surface area contributed by atoms with E-state index in [-0.39, 0.29) is 0 Å². The minimum absolute atomic E-state index is 0.304. The van der Waals surface area contributed by atoms with E-state index in [0.717, 1.165) is 50.4 Å². The number of rotatable bonds is 7. The normalized spacial score (nSPS) is 12.1. The maximum atomic E-state index is 4.89. The number of para-hydroxylation sites is 2. The van der Waals surface area contributed by atoms with Crippen molar-refractivity contribution in [3.05, 3.63) is 145 Å². The predicted molar refractivity (Wildman–Crippen MR) is 155 cm³/mol. The maximum Gasteiger partial charge on any atom is 0.117 e. The summed E-state index contributed by atoms with van der Waals surface area (Å²) in [6.45, 7) is 17.1. The van der Waals surface area contributed by atoms with Gasteiger partial charge >= 0.3 is 0 Å². The van der Waals surface area contributed by atoms with Crippen LogP contribution < -0.4 is 0 Å². The van der Waals surface area contributed by atoms with Gasteiger partial charge in [0.1, 0.15) is 5.82 Å². The molecule has 0 aliphatic heterocycles. The number of imidazole rings is 1. The molecule has 2 heteroatoms. The number of nitrogens with zero attached hydrogens (tertiary/aromatic N) is 2. The van der Waals surface area contributed by atoms with Gasteiger partial charge in [0.15, 0.2) is 0 Å². The van der Waals surface area contributed by atoms with Crippen molar-refractivity contribution in [1.82, 2.24) is 9.55 Å². The first-order chi connectivity index (χ1) is 17.5. The smallest absolute Gasteiger partial charge is 0.117 e. The summed E-state index contributed by atoms with van der Waals surface area (Å²) in [6, 6.07) is 31.6. The molecule has 0 unspecified atom stereocenters. The second-order valence-corrected chi connectivity index (χ2v) is 9.24. The average Bonchev–Trinajstić information content (AvgIpc) is 3.31. The predicted octanol–water partition coefficient (Wildman–Crippen LogP) is 9.14. The van der Waals surface area contributed by atoms with Gasteiger partial charge in [-0.1, -0.05) is 112 Å². The highest BCUT2D eigenvalue weighted by molar-refractivity contribution is 6.02. The zero-order valence-electron chi connectivity index (χ0n) is 20.9. The molecule has 0 aliphatic carbocycles. The summed E-state index contributed by atoms with van der Waals surface area (Å²) >= 11 is 0. The first kappa shape index (κ1) is 23.3.